The smallest absolute Gasteiger partial charge is 0.168 e. The average molecular weight is 269 g/mol. The molecule has 0 atom stereocenters. The molecule has 18 heavy (non-hydrogen) atoms. The molecular weight excluding hydrogens is 255 g/mol. The molecule has 0 aliphatic heterocycles. The summed E-state index contributed by atoms with van der Waals surface area (Å²) in [5.74, 6) is -0.400. The number of nitrogens with one attached hydrogen (secondary N) is 1. The summed E-state index contributed by atoms with van der Waals surface area (Å²) in [4.78, 5) is 3.80. The zero-order valence-electron chi connectivity index (χ0n) is 10.2. The largest absolute Gasteiger partial charge is 0.340 e. The fourth-order valence-corrected chi connectivity index (χ4v) is 1.53. The number of nitrogens with two attached hydrogens (primary N) is 1. The predicted octanol–water partition coefficient (Wildman–Crippen LogP) is 2.66. The van der Waals surface area contributed by atoms with Crippen LogP contribution in [0.5, 0.6) is 0 Å². The second-order valence-electron chi connectivity index (χ2n) is 4.03. The quantitative estimate of drug-likeness (QED) is 0.823. The van der Waals surface area contributed by atoms with E-state index in [0.717, 1.165) is 6.07 Å². The van der Waals surface area contributed by atoms with Gasteiger partial charge in [0.15, 0.2) is 11.6 Å². The van der Waals surface area contributed by atoms with Crippen molar-refractivity contribution >= 4 is 17.4 Å². The van der Waals surface area contributed by atoms with Crippen molar-refractivity contribution in [1.82, 2.24) is 4.98 Å². The number of allylic oxidation sites excluding steroid dienone is 1. The minimum absolute atomic E-state index is 0.00172. The van der Waals surface area contributed by atoms with Gasteiger partial charge in [-0.3, -0.25) is 0 Å². The molecule has 1 rings (SSSR count). The molecule has 0 spiro atoms. The average Bonchev–Trinajstić information content (AvgIpc) is 2.31. The number of nitriles is 1. The van der Waals surface area contributed by atoms with Crippen molar-refractivity contribution in [3.63, 3.8) is 0 Å². The molecule has 0 bridgehead atoms. The molecule has 6 heteroatoms. The highest BCUT2D eigenvalue weighted by molar-refractivity contribution is 6.30. The maximum atomic E-state index is 13.6. The Balaban J connectivity index is 3.05. The van der Waals surface area contributed by atoms with Gasteiger partial charge in [-0.2, -0.15) is 5.26 Å². The van der Waals surface area contributed by atoms with Crippen LogP contribution in [0, 0.1) is 23.1 Å². The van der Waals surface area contributed by atoms with Gasteiger partial charge in [-0.05, 0) is 12.0 Å². The van der Waals surface area contributed by atoms with E-state index in [2.05, 4.69) is 10.3 Å². The van der Waals surface area contributed by atoms with E-state index in [1.54, 1.807) is 6.07 Å². The summed E-state index contributed by atoms with van der Waals surface area (Å²) in [6.45, 7) is 4.19. The molecule has 0 aromatic carbocycles. The lowest BCUT2D eigenvalue weighted by Gasteiger charge is -2.11. The summed E-state index contributed by atoms with van der Waals surface area (Å²) < 4.78 is 13.6. The molecule has 96 valence electrons. The normalized spacial score (nSPS) is 11.5. The van der Waals surface area contributed by atoms with Crippen molar-refractivity contribution in [2.75, 3.05) is 11.9 Å². The number of hydrogen-bond acceptors (Lipinski definition) is 4. The number of halogens is 2. The fraction of sp³-hybridized carbons (Fsp3) is 0.333. The number of aromatic nitrogens is 1. The second kappa shape index (κ2) is 6.34. The van der Waals surface area contributed by atoms with Crippen molar-refractivity contribution in [2.45, 2.75) is 13.8 Å². The van der Waals surface area contributed by atoms with Crippen LogP contribution >= 0.6 is 11.6 Å². The zero-order chi connectivity index (χ0) is 13.7. The maximum absolute atomic E-state index is 13.6. The van der Waals surface area contributed by atoms with E-state index < -0.39 is 5.82 Å². The van der Waals surface area contributed by atoms with Gasteiger partial charge in [-0.25, -0.2) is 9.37 Å². The minimum Gasteiger partial charge on any atom is -0.340 e. The van der Waals surface area contributed by atoms with Gasteiger partial charge in [0.25, 0.3) is 0 Å². The van der Waals surface area contributed by atoms with Crippen LogP contribution in [0.2, 0.25) is 5.15 Å². The van der Waals surface area contributed by atoms with Crippen molar-refractivity contribution in [3.8, 4) is 6.07 Å². The molecule has 1 heterocycles. The number of hydrogen-bond donors (Lipinski definition) is 2. The monoisotopic (exact) mass is 268 g/mol. The van der Waals surface area contributed by atoms with Crippen molar-refractivity contribution < 1.29 is 4.39 Å². The highest BCUT2D eigenvalue weighted by Crippen LogP contribution is 2.20. The number of nitrogens with zero attached hydrogens (tertiary/aromatic N) is 2. The van der Waals surface area contributed by atoms with Crippen LogP contribution in [0.1, 0.15) is 19.4 Å². The van der Waals surface area contributed by atoms with E-state index in [4.69, 9.17) is 22.6 Å². The minimum atomic E-state index is -0.640. The topological polar surface area (TPSA) is 74.7 Å². The van der Waals surface area contributed by atoms with Gasteiger partial charge >= 0.3 is 0 Å². The van der Waals surface area contributed by atoms with Crippen molar-refractivity contribution in [3.05, 3.63) is 34.4 Å². The first-order valence-electron chi connectivity index (χ1n) is 5.41. The summed E-state index contributed by atoms with van der Waals surface area (Å²) in [6, 6.07) is 2.80. The molecule has 3 N–H and O–H groups in total. The van der Waals surface area contributed by atoms with Gasteiger partial charge in [0.2, 0.25) is 0 Å². The molecule has 0 unspecified atom stereocenters. The molecule has 1 aromatic heterocycles. The lowest BCUT2D eigenvalue weighted by atomic mass is 10.2. The Bertz CT molecular complexity index is 506. The lowest BCUT2D eigenvalue weighted by Crippen LogP contribution is -2.14. The Morgan fingerprint density at radius 2 is 2.39 bits per heavy atom. The van der Waals surface area contributed by atoms with Crippen LogP contribution in [-0.2, 0) is 0 Å². The van der Waals surface area contributed by atoms with Crippen LogP contribution in [0.4, 0.5) is 10.2 Å². The summed E-state index contributed by atoms with van der Waals surface area (Å²) >= 11 is 5.74. The van der Waals surface area contributed by atoms with E-state index in [1.165, 1.54) is 0 Å². The Morgan fingerprint density at radius 1 is 1.72 bits per heavy atom. The molecule has 0 amide bonds. The SMILES string of the molecule is CC(C)/C=C(\CN)Nc1nc(Cl)c(C#N)cc1F. The van der Waals surface area contributed by atoms with Crippen LogP contribution in [0.3, 0.4) is 0 Å². The standard InChI is InChI=1S/C12H14ClFN4/c1-7(2)3-9(6-16)17-12-10(14)4-8(5-15)11(13)18-12/h3-4,7H,6,16H2,1-2H3,(H,17,18)/b9-3+. The molecule has 0 aliphatic rings. The van der Waals surface area contributed by atoms with Gasteiger partial charge < -0.3 is 11.1 Å². The zero-order valence-corrected chi connectivity index (χ0v) is 10.9. The Kier molecular flexibility index (Phi) is 5.08. The molecule has 0 saturated heterocycles. The second-order valence-corrected chi connectivity index (χ2v) is 4.39. The molecule has 0 aliphatic carbocycles. The third-order valence-electron chi connectivity index (χ3n) is 2.08. The Labute approximate surface area is 110 Å². The summed E-state index contributed by atoms with van der Waals surface area (Å²) in [5.41, 5.74) is 6.20. The van der Waals surface area contributed by atoms with Gasteiger partial charge in [0.1, 0.15) is 11.2 Å². The lowest BCUT2D eigenvalue weighted by molar-refractivity contribution is 0.625. The Morgan fingerprint density at radius 3 is 2.89 bits per heavy atom. The van der Waals surface area contributed by atoms with E-state index >= 15 is 0 Å². The van der Waals surface area contributed by atoms with Crippen LogP contribution in [0.15, 0.2) is 17.8 Å². The van der Waals surface area contributed by atoms with Gasteiger partial charge in [0, 0.05) is 12.2 Å². The molecule has 0 saturated carbocycles. The van der Waals surface area contributed by atoms with E-state index in [-0.39, 0.29) is 29.0 Å². The number of rotatable bonds is 4. The number of anilines is 1. The maximum Gasteiger partial charge on any atom is 0.168 e. The van der Waals surface area contributed by atoms with Crippen LogP contribution in [0.25, 0.3) is 0 Å². The summed E-state index contributed by atoms with van der Waals surface area (Å²) in [5, 5.41) is 11.4. The first-order chi connectivity index (χ1) is 8.47. The van der Waals surface area contributed by atoms with Crippen molar-refractivity contribution in [2.24, 2.45) is 11.7 Å². The molecule has 0 fully saturated rings. The fourth-order valence-electron chi connectivity index (χ4n) is 1.35. The highest BCUT2D eigenvalue weighted by atomic mass is 35.5. The molecular formula is C12H14ClFN4. The molecule has 4 nitrogen and oxygen atoms in total. The third-order valence-corrected chi connectivity index (χ3v) is 2.37. The van der Waals surface area contributed by atoms with Crippen molar-refractivity contribution in [1.29, 1.82) is 5.26 Å². The van der Waals surface area contributed by atoms with Crippen LogP contribution in [-0.4, -0.2) is 11.5 Å². The first kappa shape index (κ1) is 14.4. The molecule has 0 radical (unpaired) electrons. The third kappa shape index (κ3) is 3.69. The van der Waals surface area contributed by atoms with E-state index in [9.17, 15) is 4.39 Å². The van der Waals surface area contributed by atoms with E-state index in [0.29, 0.717) is 5.70 Å². The first-order valence-corrected chi connectivity index (χ1v) is 5.79. The number of pyridine rings is 1. The van der Waals surface area contributed by atoms with Crippen LogP contribution < -0.4 is 11.1 Å². The molecule has 1 aromatic rings. The van der Waals surface area contributed by atoms with E-state index in [1.807, 2.05) is 19.9 Å². The summed E-state index contributed by atoms with van der Waals surface area (Å²) in [7, 11) is 0. The Hall–Kier alpha value is -1.64. The van der Waals surface area contributed by atoms with Gasteiger partial charge in [-0.1, -0.05) is 31.5 Å². The van der Waals surface area contributed by atoms with Gasteiger partial charge in [0.05, 0.1) is 5.56 Å². The highest BCUT2D eigenvalue weighted by Gasteiger charge is 2.11. The predicted molar refractivity (Wildman–Crippen MR) is 69.5 cm³/mol. The van der Waals surface area contributed by atoms with Gasteiger partial charge in [-0.15, -0.1) is 0 Å². The summed E-state index contributed by atoms with van der Waals surface area (Å²) in [6.07, 6.45) is 1.87.